The van der Waals surface area contributed by atoms with E-state index in [1.54, 1.807) is 0 Å². The highest BCUT2D eigenvalue weighted by molar-refractivity contribution is 5.85. The van der Waals surface area contributed by atoms with Crippen molar-refractivity contribution >= 4 is 11.8 Å². The predicted octanol–water partition coefficient (Wildman–Crippen LogP) is 0.250. The molecule has 0 atom stereocenters. The molecule has 2 heterocycles. The van der Waals surface area contributed by atoms with Crippen LogP contribution in [0.4, 0.5) is 13.2 Å². The van der Waals surface area contributed by atoms with Crippen LogP contribution >= 0.6 is 0 Å². The van der Waals surface area contributed by atoms with Gasteiger partial charge >= 0.3 is 6.18 Å². The molecule has 20 heavy (non-hydrogen) atoms. The fraction of sp³-hybridized carbons (Fsp3) is 0.545. The second-order valence-electron chi connectivity index (χ2n) is 4.42. The Labute approximate surface area is 112 Å². The molecule has 1 aromatic heterocycles. The predicted molar refractivity (Wildman–Crippen MR) is 61.4 cm³/mol. The number of nitrogens with zero attached hydrogens (tertiary/aromatic N) is 3. The Balaban J connectivity index is 2.00. The molecule has 0 unspecified atom stereocenters. The number of hydrogen-bond acceptors (Lipinski definition) is 3. The molecule has 0 radical (unpaired) electrons. The van der Waals surface area contributed by atoms with Gasteiger partial charge in [-0.1, -0.05) is 0 Å². The van der Waals surface area contributed by atoms with E-state index in [4.69, 9.17) is 0 Å². The Morgan fingerprint density at radius 2 is 2.20 bits per heavy atom. The molecule has 0 aliphatic carbocycles. The van der Waals surface area contributed by atoms with Crippen LogP contribution in [-0.2, 0) is 22.3 Å². The summed E-state index contributed by atoms with van der Waals surface area (Å²) >= 11 is 0. The van der Waals surface area contributed by atoms with Crippen LogP contribution in [0.25, 0.3) is 0 Å². The van der Waals surface area contributed by atoms with Crippen LogP contribution in [0.3, 0.4) is 0 Å². The highest BCUT2D eigenvalue weighted by Gasteiger charge is 2.33. The maximum atomic E-state index is 12.4. The fourth-order valence-electron chi connectivity index (χ4n) is 1.86. The summed E-state index contributed by atoms with van der Waals surface area (Å²) in [7, 11) is 0. The van der Waals surface area contributed by atoms with Gasteiger partial charge in [0.05, 0.1) is 6.54 Å². The minimum Gasteiger partial charge on any atom is -0.354 e. The molecule has 1 saturated heterocycles. The van der Waals surface area contributed by atoms with Crippen molar-refractivity contribution in [1.82, 2.24) is 20.0 Å². The summed E-state index contributed by atoms with van der Waals surface area (Å²) in [5, 5.41) is 5.92. The maximum absolute atomic E-state index is 12.4. The molecule has 0 aromatic carbocycles. The second kappa shape index (κ2) is 5.51. The lowest BCUT2D eigenvalue weighted by atomic mass is 10.4. The standard InChI is InChI=1S/C11H13F3N4O2/c12-11(13,14)8-2-5-18(16-8)7-10(20)17-4-1-3-15-9(19)6-17/h2,5H,1,3-4,6-7H2,(H,15,19). The van der Waals surface area contributed by atoms with Gasteiger partial charge in [0.15, 0.2) is 5.69 Å². The number of halogens is 3. The van der Waals surface area contributed by atoms with Crippen molar-refractivity contribution in [2.75, 3.05) is 19.6 Å². The largest absolute Gasteiger partial charge is 0.435 e. The van der Waals surface area contributed by atoms with Crippen molar-refractivity contribution in [3.05, 3.63) is 18.0 Å². The number of carbonyl (C=O) groups excluding carboxylic acids is 2. The molecule has 0 bridgehead atoms. The minimum absolute atomic E-state index is 0.0772. The summed E-state index contributed by atoms with van der Waals surface area (Å²) in [6, 6.07) is 0.808. The van der Waals surface area contributed by atoms with E-state index in [-0.39, 0.29) is 19.0 Å². The van der Waals surface area contributed by atoms with Crippen LogP contribution in [0.5, 0.6) is 0 Å². The lowest BCUT2D eigenvalue weighted by Crippen LogP contribution is -2.39. The normalized spacial score (nSPS) is 16.8. The Bertz CT molecular complexity index is 512. The Morgan fingerprint density at radius 3 is 2.85 bits per heavy atom. The Morgan fingerprint density at radius 1 is 1.45 bits per heavy atom. The molecule has 6 nitrogen and oxygen atoms in total. The molecular formula is C11H13F3N4O2. The van der Waals surface area contributed by atoms with Crippen LogP contribution < -0.4 is 5.32 Å². The average molecular weight is 290 g/mol. The van der Waals surface area contributed by atoms with Crippen LogP contribution in [0, 0.1) is 0 Å². The lowest BCUT2D eigenvalue weighted by molar-refractivity contribution is -0.142. The quantitative estimate of drug-likeness (QED) is 0.849. The number of nitrogens with one attached hydrogen (secondary N) is 1. The smallest absolute Gasteiger partial charge is 0.354 e. The number of alkyl halides is 3. The van der Waals surface area contributed by atoms with Crippen molar-refractivity contribution < 1.29 is 22.8 Å². The van der Waals surface area contributed by atoms with Gasteiger partial charge in [-0.2, -0.15) is 18.3 Å². The highest BCUT2D eigenvalue weighted by Crippen LogP contribution is 2.27. The van der Waals surface area contributed by atoms with E-state index in [1.165, 1.54) is 4.90 Å². The van der Waals surface area contributed by atoms with Crippen LogP contribution in [0.2, 0.25) is 0 Å². The zero-order chi connectivity index (χ0) is 14.8. The monoisotopic (exact) mass is 290 g/mol. The molecule has 2 amide bonds. The van der Waals surface area contributed by atoms with E-state index >= 15 is 0 Å². The molecule has 9 heteroatoms. The van der Waals surface area contributed by atoms with E-state index < -0.39 is 17.8 Å². The van der Waals surface area contributed by atoms with Crippen LogP contribution in [0.15, 0.2) is 12.3 Å². The van der Waals surface area contributed by atoms with Crippen LogP contribution in [-0.4, -0.2) is 46.1 Å². The molecule has 0 spiro atoms. The third-order valence-corrected chi connectivity index (χ3v) is 2.84. The second-order valence-corrected chi connectivity index (χ2v) is 4.42. The summed E-state index contributed by atoms with van der Waals surface area (Å²) in [4.78, 5) is 24.6. The van der Waals surface area contributed by atoms with Crippen molar-refractivity contribution in [2.24, 2.45) is 0 Å². The number of amides is 2. The minimum atomic E-state index is -4.53. The van der Waals surface area contributed by atoms with E-state index in [0.717, 1.165) is 16.9 Å². The fourth-order valence-corrected chi connectivity index (χ4v) is 1.86. The summed E-state index contributed by atoms with van der Waals surface area (Å²) in [6.45, 7) is 0.489. The molecular weight excluding hydrogens is 277 g/mol. The first kappa shape index (κ1) is 14.4. The number of hydrogen-bond donors (Lipinski definition) is 1. The highest BCUT2D eigenvalue weighted by atomic mass is 19.4. The van der Waals surface area contributed by atoms with E-state index in [2.05, 4.69) is 10.4 Å². The van der Waals surface area contributed by atoms with E-state index in [0.29, 0.717) is 19.5 Å². The molecule has 1 aliphatic heterocycles. The van der Waals surface area contributed by atoms with E-state index in [1.807, 2.05) is 0 Å². The molecule has 2 rings (SSSR count). The third-order valence-electron chi connectivity index (χ3n) is 2.84. The topological polar surface area (TPSA) is 67.2 Å². The van der Waals surface area contributed by atoms with Gasteiger partial charge in [0.2, 0.25) is 11.8 Å². The SMILES string of the molecule is O=C1CN(C(=O)Cn2ccc(C(F)(F)F)n2)CCCN1. The zero-order valence-corrected chi connectivity index (χ0v) is 10.5. The maximum Gasteiger partial charge on any atom is 0.435 e. The van der Waals surface area contributed by atoms with Crippen molar-refractivity contribution in [1.29, 1.82) is 0 Å². The molecule has 0 saturated carbocycles. The van der Waals surface area contributed by atoms with Gasteiger partial charge in [0.25, 0.3) is 0 Å². The summed E-state index contributed by atoms with van der Waals surface area (Å²) in [6.07, 6.45) is -2.82. The molecule has 1 fully saturated rings. The Kier molecular flexibility index (Phi) is 3.96. The molecule has 1 aromatic rings. The van der Waals surface area contributed by atoms with Gasteiger partial charge in [-0.15, -0.1) is 0 Å². The number of rotatable bonds is 2. The average Bonchev–Trinajstić information content (AvgIpc) is 2.71. The van der Waals surface area contributed by atoms with Crippen molar-refractivity contribution in [3.63, 3.8) is 0 Å². The van der Waals surface area contributed by atoms with E-state index in [9.17, 15) is 22.8 Å². The van der Waals surface area contributed by atoms with Crippen molar-refractivity contribution in [3.8, 4) is 0 Å². The first-order valence-electron chi connectivity index (χ1n) is 6.01. The third kappa shape index (κ3) is 3.49. The van der Waals surface area contributed by atoms with Gasteiger partial charge < -0.3 is 10.2 Å². The van der Waals surface area contributed by atoms with Gasteiger partial charge in [-0.25, -0.2) is 0 Å². The molecule has 110 valence electrons. The Hall–Kier alpha value is -2.06. The summed E-state index contributed by atoms with van der Waals surface area (Å²) in [5.41, 5.74) is -1.04. The molecule has 1 N–H and O–H groups in total. The van der Waals surface area contributed by atoms with Gasteiger partial charge in [0, 0.05) is 19.3 Å². The van der Waals surface area contributed by atoms with Gasteiger partial charge in [-0.3, -0.25) is 14.3 Å². The van der Waals surface area contributed by atoms with Gasteiger partial charge in [-0.05, 0) is 12.5 Å². The number of carbonyl (C=O) groups is 2. The van der Waals surface area contributed by atoms with Crippen LogP contribution in [0.1, 0.15) is 12.1 Å². The number of aromatic nitrogens is 2. The lowest BCUT2D eigenvalue weighted by Gasteiger charge is -2.18. The molecule has 1 aliphatic rings. The zero-order valence-electron chi connectivity index (χ0n) is 10.5. The van der Waals surface area contributed by atoms with Crippen molar-refractivity contribution in [2.45, 2.75) is 19.1 Å². The van der Waals surface area contributed by atoms with Gasteiger partial charge in [0.1, 0.15) is 6.54 Å². The summed E-state index contributed by atoms with van der Waals surface area (Å²) in [5.74, 6) is -0.703. The summed E-state index contributed by atoms with van der Waals surface area (Å²) < 4.78 is 38.0. The first-order valence-corrected chi connectivity index (χ1v) is 6.01. The first-order chi connectivity index (χ1) is 9.36.